The Morgan fingerprint density at radius 1 is 1.12 bits per heavy atom. The summed E-state index contributed by atoms with van der Waals surface area (Å²) in [5, 5.41) is 7.36. The summed E-state index contributed by atoms with van der Waals surface area (Å²) in [4.78, 5) is 16.7. The van der Waals surface area contributed by atoms with Gasteiger partial charge >= 0.3 is 0 Å². The number of nitrogens with zero attached hydrogens (tertiary/aromatic N) is 3. The molecule has 1 N–H and O–H groups in total. The maximum absolute atomic E-state index is 12.3. The van der Waals surface area contributed by atoms with E-state index in [4.69, 9.17) is 0 Å². The van der Waals surface area contributed by atoms with Gasteiger partial charge in [-0.2, -0.15) is 5.10 Å². The predicted octanol–water partition coefficient (Wildman–Crippen LogP) is 2.52. The van der Waals surface area contributed by atoms with Gasteiger partial charge in [-0.05, 0) is 24.3 Å². The summed E-state index contributed by atoms with van der Waals surface area (Å²) in [7, 11) is 0. The minimum absolute atomic E-state index is 0.319. The quantitative estimate of drug-likeness (QED) is 0.919. The molecular formula is C19H24N4O. The average Bonchev–Trinajstić information content (AvgIpc) is 3.34. The Hall–Kier alpha value is -2.14. The second kappa shape index (κ2) is 6.77. The van der Waals surface area contributed by atoms with Gasteiger partial charge in [-0.1, -0.05) is 30.3 Å². The lowest BCUT2D eigenvalue weighted by molar-refractivity contribution is -0.130. The van der Waals surface area contributed by atoms with E-state index < -0.39 is 0 Å². The maximum Gasteiger partial charge on any atom is 0.223 e. The molecule has 24 heavy (non-hydrogen) atoms. The molecule has 0 bridgehead atoms. The highest BCUT2D eigenvalue weighted by molar-refractivity contribution is 5.76. The van der Waals surface area contributed by atoms with Crippen molar-refractivity contribution in [2.45, 2.75) is 25.8 Å². The summed E-state index contributed by atoms with van der Waals surface area (Å²) in [5.74, 6) is 1.08. The molecule has 5 nitrogen and oxygen atoms in total. The van der Waals surface area contributed by atoms with E-state index >= 15 is 0 Å². The third kappa shape index (κ3) is 3.51. The van der Waals surface area contributed by atoms with Gasteiger partial charge in [0.1, 0.15) is 0 Å². The molecule has 2 aliphatic rings. The number of hydrogen-bond donors (Lipinski definition) is 1. The van der Waals surface area contributed by atoms with Crippen LogP contribution >= 0.6 is 0 Å². The molecule has 0 spiro atoms. The number of nitrogens with one attached hydrogen (secondary N) is 1. The molecule has 0 radical (unpaired) electrons. The van der Waals surface area contributed by atoms with E-state index in [9.17, 15) is 4.79 Å². The summed E-state index contributed by atoms with van der Waals surface area (Å²) >= 11 is 0. The zero-order chi connectivity index (χ0) is 16.4. The second-order valence-corrected chi connectivity index (χ2v) is 6.95. The van der Waals surface area contributed by atoms with Gasteiger partial charge in [-0.15, -0.1) is 0 Å². The van der Waals surface area contributed by atoms with Crippen molar-refractivity contribution < 1.29 is 4.79 Å². The van der Waals surface area contributed by atoms with Crippen molar-refractivity contribution in [3.05, 3.63) is 42.1 Å². The van der Waals surface area contributed by atoms with E-state index in [2.05, 4.69) is 32.1 Å². The third-order valence-corrected chi connectivity index (χ3v) is 5.03. The van der Waals surface area contributed by atoms with Gasteiger partial charge in [0.15, 0.2) is 0 Å². The molecule has 126 valence electrons. The van der Waals surface area contributed by atoms with E-state index in [0.717, 1.165) is 49.9 Å². The van der Waals surface area contributed by atoms with Crippen LogP contribution in [0.2, 0.25) is 0 Å². The summed E-state index contributed by atoms with van der Waals surface area (Å²) in [5.41, 5.74) is 3.44. The van der Waals surface area contributed by atoms with E-state index in [1.165, 1.54) is 18.4 Å². The molecule has 1 aromatic carbocycles. The topological polar surface area (TPSA) is 52.2 Å². The van der Waals surface area contributed by atoms with Crippen LogP contribution in [0.15, 0.2) is 36.5 Å². The van der Waals surface area contributed by atoms with Crippen molar-refractivity contribution >= 4 is 5.91 Å². The minimum atomic E-state index is 0.319. The van der Waals surface area contributed by atoms with Crippen molar-refractivity contribution in [2.75, 3.05) is 26.2 Å². The highest BCUT2D eigenvalue weighted by Gasteiger charge is 2.28. The Morgan fingerprint density at radius 2 is 1.96 bits per heavy atom. The molecule has 2 fully saturated rings. The number of benzene rings is 1. The fourth-order valence-corrected chi connectivity index (χ4v) is 3.40. The van der Waals surface area contributed by atoms with Crippen LogP contribution < -0.4 is 0 Å². The molecule has 4 rings (SSSR count). The summed E-state index contributed by atoms with van der Waals surface area (Å²) in [6.45, 7) is 4.43. The smallest absolute Gasteiger partial charge is 0.223 e. The van der Waals surface area contributed by atoms with Crippen molar-refractivity contribution in [1.82, 2.24) is 20.0 Å². The summed E-state index contributed by atoms with van der Waals surface area (Å²) in [6.07, 6.45) is 5.13. The number of carbonyl (C=O) groups excluding carboxylic acids is 1. The van der Waals surface area contributed by atoms with E-state index in [1.807, 2.05) is 24.4 Å². The van der Waals surface area contributed by atoms with E-state index in [0.29, 0.717) is 12.3 Å². The number of aromatic nitrogens is 2. The van der Waals surface area contributed by atoms with E-state index in [-0.39, 0.29) is 0 Å². The average molecular weight is 324 g/mol. The van der Waals surface area contributed by atoms with Crippen LogP contribution in [0.25, 0.3) is 11.3 Å². The fraction of sp³-hybridized carbons (Fsp3) is 0.474. The lowest BCUT2D eigenvalue weighted by atomic mass is 10.1. The van der Waals surface area contributed by atoms with Crippen LogP contribution in [-0.2, 0) is 11.3 Å². The first-order valence-corrected chi connectivity index (χ1v) is 8.87. The summed E-state index contributed by atoms with van der Waals surface area (Å²) in [6, 6.07) is 10.3. The van der Waals surface area contributed by atoms with Crippen LogP contribution in [0.4, 0.5) is 0 Å². The zero-order valence-corrected chi connectivity index (χ0v) is 13.9. The Bertz CT molecular complexity index is 692. The Kier molecular flexibility index (Phi) is 4.34. The number of hydrogen-bond acceptors (Lipinski definition) is 3. The van der Waals surface area contributed by atoms with Crippen molar-refractivity contribution in [2.24, 2.45) is 5.92 Å². The van der Waals surface area contributed by atoms with Crippen LogP contribution in [-0.4, -0.2) is 52.1 Å². The van der Waals surface area contributed by atoms with Gasteiger partial charge in [-0.25, -0.2) is 0 Å². The molecule has 2 aromatic rings. The van der Waals surface area contributed by atoms with Crippen molar-refractivity contribution in [3.63, 3.8) is 0 Å². The highest BCUT2D eigenvalue weighted by Crippen LogP contribution is 2.30. The van der Waals surface area contributed by atoms with Crippen molar-refractivity contribution in [3.8, 4) is 11.3 Å². The minimum Gasteiger partial charge on any atom is -0.341 e. The van der Waals surface area contributed by atoms with Crippen LogP contribution in [0.3, 0.4) is 0 Å². The first-order valence-electron chi connectivity index (χ1n) is 8.87. The Morgan fingerprint density at radius 3 is 2.75 bits per heavy atom. The molecule has 1 aliphatic carbocycles. The monoisotopic (exact) mass is 324 g/mol. The fourth-order valence-electron chi connectivity index (χ4n) is 3.40. The number of carbonyl (C=O) groups is 1. The van der Waals surface area contributed by atoms with Gasteiger partial charge < -0.3 is 4.90 Å². The lowest BCUT2D eigenvalue weighted by Gasteiger charge is -2.22. The summed E-state index contributed by atoms with van der Waals surface area (Å²) < 4.78 is 0. The Balaban J connectivity index is 1.42. The van der Waals surface area contributed by atoms with Gasteiger partial charge in [0.25, 0.3) is 0 Å². The third-order valence-electron chi connectivity index (χ3n) is 5.03. The van der Waals surface area contributed by atoms with Gasteiger partial charge in [0, 0.05) is 44.7 Å². The van der Waals surface area contributed by atoms with Crippen LogP contribution in [0.1, 0.15) is 24.8 Å². The number of aromatic amines is 1. The molecule has 1 amide bonds. The van der Waals surface area contributed by atoms with Crippen molar-refractivity contribution in [1.29, 1.82) is 0 Å². The zero-order valence-electron chi connectivity index (χ0n) is 13.9. The molecular weight excluding hydrogens is 300 g/mol. The predicted molar refractivity (Wildman–Crippen MR) is 93.2 cm³/mol. The molecule has 0 unspecified atom stereocenters. The van der Waals surface area contributed by atoms with Crippen LogP contribution in [0, 0.1) is 5.92 Å². The van der Waals surface area contributed by atoms with E-state index in [1.54, 1.807) is 0 Å². The Labute approximate surface area is 142 Å². The lowest BCUT2D eigenvalue weighted by Crippen LogP contribution is -2.34. The first-order chi connectivity index (χ1) is 11.8. The largest absolute Gasteiger partial charge is 0.341 e. The molecule has 0 atom stereocenters. The number of H-pyrrole nitrogens is 1. The van der Waals surface area contributed by atoms with Crippen LogP contribution in [0.5, 0.6) is 0 Å². The normalized spacial score (nSPS) is 19.5. The second-order valence-electron chi connectivity index (χ2n) is 6.95. The molecule has 5 heteroatoms. The first kappa shape index (κ1) is 15.4. The van der Waals surface area contributed by atoms with Gasteiger partial charge in [-0.3, -0.25) is 14.8 Å². The molecule has 1 saturated heterocycles. The molecule has 1 aliphatic heterocycles. The molecule has 1 saturated carbocycles. The molecule has 2 heterocycles. The molecule has 1 aromatic heterocycles. The standard InChI is InChI=1S/C19H24N4O/c24-18-8-9-22(10-11-23(18)13-15-6-7-15)14-17-12-20-21-19(17)16-4-2-1-3-5-16/h1-5,12,15H,6-11,13-14H2,(H,20,21). The number of rotatable bonds is 5. The van der Waals surface area contributed by atoms with Gasteiger partial charge in [0.2, 0.25) is 5.91 Å². The maximum atomic E-state index is 12.3. The van der Waals surface area contributed by atoms with Gasteiger partial charge in [0.05, 0.1) is 11.9 Å². The SMILES string of the molecule is O=C1CCN(Cc2cn[nH]c2-c2ccccc2)CCN1CC1CC1. The highest BCUT2D eigenvalue weighted by atomic mass is 16.2. The number of amides is 1.